The molecule has 1 aromatic carbocycles. The van der Waals surface area contributed by atoms with E-state index >= 15 is 0 Å². The van der Waals surface area contributed by atoms with Gasteiger partial charge in [0.1, 0.15) is 0 Å². The molecule has 0 aliphatic rings. The minimum atomic E-state index is 0.202. The maximum absolute atomic E-state index is 5.54. The van der Waals surface area contributed by atoms with Crippen molar-refractivity contribution in [1.82, 2.24) is 15.5 Å². The molecule has 0 spiro atoms. The Balaban J connectivity index is 2.31. The molecule has 1 heterocycles. The fourth-order valence-corrected chi connectivity index (χ4v) is 3.11. The van der Waals surface area contributed by atoms with Crippen LogP contribution in [0.3, 0.4) is 0 Å². The highest BCUT2D eigenvalue weighted by Gasteiger charge is 2.28. The van der Waals surface area contributed by atoms with Crippen molar-refractivity contribution in [3.8, 4) is 11.4 Å². The van der Waals surface area contributed by atoms with Crippen LogP contribution in [0.5, 0.6) is 0 Å². The highest BCUT2D eigenvalue weighted by molar-refractivity contribution is 9.10. The predicted octanol–water partition coefficient (Wildman–Crippen LogP) is 4.24. The fraction of sp³-hybridized carbons (Fsp3) is 0.500. The minimum absolute atomic E-state index is 0.202. The van der Waals surface area contributed by atoms with Crippen molar-refractivity contribution in [3.05, 3.63) is 34.6 Å². The van der Waals surface area contributed by atoms with Crippen LogP contribution in [-0.2, 0) is 0 Å². The van der Waals surface area contributed by atoms with Gasteiger partial charge in [0.15, 0.2) is 0 Å². The second-order valence-electron chi connectivity index (χ2n) is 5.55. The largest absolute Gasteiger partial charge is 0.339 e. The van der Waals surface area contributed by atoms with Crippen LogP contribution in [-0.4, -0.2) is 22.7 Å². The van der Waals surface area contributed by atoms with Crippen LogP contribution in [0.2, 0.25) is 0 Å². The van der Waals surface area contributed by atoms with E-state index in [-0.39, 0.29) is 5.92 Å². The molecule has 21 heavy (non-hydrogen) atoms. The Hall–Kier alpha value is -1.20. The molecule has 0 fully saturated rings. The molecule has 2 atom stereocenters. The number of likely N-dealkylation sites (N-methyl/N-ethyl adjacent to an activating group) is 1. The third-order valence-corrected chi connectivity index (χ3v) is 4.32. The molecule has 0 bridgehead atoms. The summed E-state index contributed by atoms with van der Waals surface area (Å²) in [6, 6.07) is 8.20. The van der Waals surface area contributed by atoms with Crippen LogP contribution >= 0.6 is 15.9 Å². The summed E-state index contributed by atoms with van der Waals surface area (Å²) in [6.45, 7) is 9.56. The van der Waals surface area contributed by atoms with Crippen LogP contribution in [0.15, 0.2) is 33.3 Å². The molecular weight excluding hydrogens is 330 g/mol. The fourth-order valence-electron chi connectivity index (χ4n) is 2.65. The highest BCUT2D eigenvalue weighted by Crippen LogP contribution is 2.30. The molecule has 2 unspecified atom stereocenters. The number of benzene rings is 1. The lowest BCUT2D eigenvalue weighted by molar-refractivity contribution is 0.281. The topological polar surface area (TPSA) is 51.0 Å². The molecule has 1 aromatic heterocycles. The van der Waals surface area contributed by atoms with Crippen LogP contribution in [0.25, 0.3) is 11.4 Å². The van der Waals surface area contributed by atoms with E-state index in [0.29, 0.717) is 23.7 Å². The van der Waals surface area contributed by atoms with E-state index in [1.54, 1.807) is 0 Å². The second-order valence-corrected chi connectivity index (χ2v) is 6.41. The van der Waals surface area contributed by atoms with Crippen LogP contribution in [0, 0.1) is 5.92 Å². The van der Waals surface area contributed by atoms with Gasteiger partial charge in [0.2, 0.25) is 11.7 Å². The Morgan fingerprint density at radius 1 is 1.24 bits per heavy atom. The van der Waals surface area contributed by atoms with Gasteiger partial charge in [-0.3, -0.25) is 0 Å². The Morgan fingerprint density at radius 2 is 1.95 bits per heavy atom. The molecule has 0 amide bonds. The molecule has 2 rings (SSSR count). The van der Waals surface area contributed by atoms with E-state index < -0.39 is 0 Å². The minimum Gasteiger partial charge on any atom is -0.339 e. The zero-order chi connectivity index (χ0) is 15.4. The average Bonchev–Trinajstić information content (AvgIpc) is 2.88. The molecule has 0 aliphatic heterocycles. The standard InChI is InChI=1S/C16H22BrN3O/c1-5-18-11(4)14(10(2)3)16-19-15(20-21-16)12-8-6-7-9-13(12)17/h6-11,14,18H,5H2,1-4H3. The van der Waals surface area contributed by atoms with Crippen molar-refractivity contribution in [3.63, 3.8) is 0 Å². The van der Waals surface area contributed by atoms with Crippen molar-refractivity contribution in [2.24, 2.45) is 5.92 Å². The van der Waals surface area contributed by atoms with Crippen molar-refractivity contribution < 1.29 is 4.52 Å². The van der Waals surface area contributed by atoms with Gasteiger partial charge >= 0.3 is 0 Å². The molecule has 114 valence electrons. The number of hydrogen-bond donors (Lipinski definition) is 1. The molecule has 0 saturated heterocycles. The van der Waals surface area contributed by atoms with Gasteiger partial charge in [-0.05, 0) is 31.5 Å². The van der Waals surface area contributed by atoms with E-state index in [0.717, 1.165) is 16.6 Å². The SMILES string of the molecule is CCNC(C)C(c1nc(-c2ccccc2Br)no1)C(C)C. The Kier molecular flexibility index (Phi) is 5.53. The molecule has 2 aromatic rings. The summed E-state index contributed by atoms with van der Waals surface area (Å²) in [6.07, 6.45) is 0. The van der Waals surface area contributed by atoms with E-state index in [4.69, 9.17) is 4.52 Å². The molecule has 0 saturated carbocycles. The first-order valence-corrected chi connectivity index (χ1v) is 8.15. The molecule has 1 N–H and O–H groups in total. The maximum Gasteiger partial charge on any atom is 0.231 e. The van der Waals surface area contributed by atoms with Gasteiger partial charge < -0.3 is 9.84 Å². The van der Waals surface area contributed by atoms with Gasteiger partial charge in [-0.1, -0.05) is 54.0 Å². The van der Waals surface area contributed by atoms with Crippen molar-refractivity contribution in [1.29, 1.82) is 0 Å². The van der Waals surface area contributed by atoms with Crippen LogP contribution in [0.1, 0.15) is 39.5 Å². The summed E-state index contributed by atoms with van der Waals surface area (Å²) < 4.78 is 6.51. The van der Waals surface area contributed by atoms with Crippen LogP contribution < -0.4 is 5.32 Å². The van der Waals surface area contributed by atoms with E-state index in [2.05, 4.69) is 59.1 Å². The monoisotopic (exact) mass is 351 g/mol. The smallest absolute Gasteiger partial charge is 0.231 e. The van der Waals surface area contributed by atoms with Crippen molar-refractivity contribution in [2.75, 3.05) is 6.54 Å². The highest BCUT2D eigenvalue weighted by atomic mass is 79.9. The summed E-state index contributed by atoms with van der Waals surface area (Å²) >= 11 is 3.53. The van der Waals surface area contributed by atoms with Crippen molar-refractivity contribution in [2.45, 2.75) is 39.7 Å². The number of nitrogens with zero attached hydrogens (tertiary/aromatic N) is 2. The van der Waals surface area contributed by atoms with Gasteiger partial charge in [0.05, 0.1) is 5.92 Å². The molecule has 0 radical (unpaired) electrons. The van der Waals surface area contributed by atoms with E-state index in [1.807, 2.05) is 24.3 Å². The number of rotatable bonds is 6. The number of hydrogen-bond acceptors (Lipinski definition) is 4. The number of nitrogens with one attached hydrogen (secondary N) is 1. The summed E-state index contributed by atoms with van der Waals surface area (Å²) in [7, 11) is 0. The Bertz CT molecular complexity index is 582. The molecule has 4 nitrogen and oxygen atoms in total. The van der Waals surface area contributed by atoms with Crippen molar-refractivity contribution >= 4 is 15.9 Å². The first-order valence-electron chi connectivity index (χ1n) is 7.36. The quantitative estimate of drug-likeness (QED) is 0.845. The number of halogens is 1. The zero-order valence-corrected chi connectivity index (χ0v) is 14.5. The lowest BCUT2D eigenvalue weighted by Gasteiger charge is -2.24. The molecular formula is C16H22BrN3O. The van der Waals surface area contributed by atoms with Gasteiger partial charge in [0.25, 0.3) is 0 Å². The van der Waals surface area contributed by atoms with E-state index in [1.165, 1.54) is 0 Å². The number of aromatic nitrogens is 2. The summed E-state index contributed by atoms with van der Waals surface area (Å²) in [4.78, 5) is 4.62. The van der Waals surface area contributed by atoms with Gasteiger partial charge in [-0.25, -0.2) is 0 Å². The average molecular weight is 352 g/mol. The molecule has 0 aliphatic carbocycles. The Labute approximate surface area is 134 Å². The summed E-state index contributed by atoms with van der Waals surface area (Å²) in [5, 5.41) is 7.60. The maximum atomic E-state index is 5.54. The van der Waals surface area contributed by atoms with Gasteiger partial charge in [-0.15, -0.1) is 0 Å². The first kappa shape index (κ1) is 16.2. The van der Waals surface area contributed by atoms with E-state index in [9.17, 15) is 0 Å². The first-order chi connectivity index (χ1) is 10.0. The summed E-state index contributed by atoms with van der Waals surface area (Å²) in [5.74, 6) is 1.95. The van der Waals surface area contributed by atoms with Crippen LogP contribution in [0.4, 0.5) is 0 Å². The Morgan fingerprint density at radius 3 is 2.57 bits per heavy atom. The lowest BCUT2D eigenvalue weighted by Crippen LogP contribution is -2.34. The third kappa shape index (κ3) is 3.71. The van der Waals surface area contributed by atoms with Gasteiger partial charge in [-0.2, -0.15) is 4.98 Å². The zero-order valence-electron chi connectivity index (χ0n) is 12.9. The lowest BCUT2D eigenvalue weighted by atomic mass is 9.89. The van der Waals surface area contributed by atoms with Gasteiger partial charge in [0, 0.05) is 16.1 Å². The molecule has 5 heteroatoms. The third-order valence-electron chi connectivity index (χ3n) is 3.62. The predicted molar refractivity (Wildman–Crippen MR) is 88.2 cm³/mol. The second kappa shape index (κ2) is 7.18. The normalized spacial score (nSPS) is 14.4. The summed E-state index contributed by atoms with van der Waals surface area (Å²) in [5.41, 5.74) is 0.950.